The van der Waals surface area contributed by atoms with Crippen molar-refractivity contribution >= 4 is 23.6 Å². The Bertz CT molecular complexity index is 228. The molecule has 0 aliphatic carbocycles. The molecule has 2 atom stereocenters. The molecule has 0 aromatic heterocycles. The van der Waals surface area contributed by atoms with Gasteiger partial charge in [-0.3, -0.25) is 14.9 Å². The van der Waals surface area contributed by atoms with Gasteiger partial charge in [0.05, 0.1) is 5.25 Å². The molecule has 4 heteroatoms. The fraction of sp³-hybridized carbons (Fsp3) is 0.778. The molecule has 0 aromatic rings. The number of piperidine rings is 1. The lowest BCUT2D eigenvalue weighted by Crippen LogP contribution is -2.49. The monoisotopic (exact) mass is 201 g/mol. The van der Waals surface area contributed by atoms with Crippen LogP contribution in [0, 0.1) is 11.8 Å². The summed E-state index contributed by atoms with van der Waals surface area (Å²) >= 11 is 1.51. The summed E-state index contributed by atoms with van der Waals surface area (Å²) < 4.78 is 0. The van der Waals surface area contributed by atoms with Crippen LogP contribution in [0.2, 0.25) is 0 Å². The molecule has 3 nitrogen and oxygen atoms in total. The van der Waals surface area contributed by atoms with Crippen LogP contribution >= 0.6 is 11.8 Å². The number of rotatable bonds is 2. The van der Waals surface area contributed by atoms with Crippen molar-refractivity contribution in [3.05, 3.63) is 0 Å². The minimum Gasteiger partial charge on any atom is -0.295 e. The van der Waals surface area contributed by atoms with E-state index >= 15 is 0 Å². The third-order valence-corrected chi connectivity index (χ3v) is 3.41. The van der Waals surface area contributed by atoms with E-state index in [0.29, 0.717) is 12.3 Å². The van der Waals surface area contributed by atoms with Crippen molar-refractivity contribution in [1.82, 2.24) is 5.32 Å². The van der Waals surface area contributed by atoms with Gasteiger partial charge in [-0.25, -0.2) is 0 Å². The van der Waals surface area contributed by atoms with Crippen LogP contribution in [0.5, 0.6) is 0 Å². The molecule has 2 amide bonds. The van der Waals surface area contributed by atoms with Gasteiger partial charge >= 0.3 is 0 Å². The average Bonchev–Trinajstić information content (AvgIpc) is 2.03. The van der Waals surface area contributed by atoms with E-state index in [-0.39, 0.29) is 23.0 Å². The van der Waals surface area contributed by atoms with Crippen LogP contribution in [-0.2, 0) is 9.59 Å². The van der Waals surface area contributed by atoms with Crippen molar-refractivity contribution in [1.29, 1.82) is 0 Å². The Morgan fingerprint density at radius 3 is 2.46 bits per heavy atom. The van der Waals surface area contributed by atoms with E-state index in [0.717, 1.165) is 0 Å². The summed E-state index contributed by atoms with van der Waals surface area (Å²) in [5, 5.41) is 2.36. The molecule has 0 spiro atoms. The third-order valence-electron chi connectivity index (χ3n) is 2.43. The maximum absolute atomic E-state index is 11.4. The van der Waals surface area contributed by atoms with E-state index in [1.165, 1.54) is 11.8 Å². The molecular weight excluding hydrogens is 186 g/mol. The van der Waals surface area contributed by atoms with Crippen LogP contribution in [0.25, 0.3) is 0 Å². The van der Waals surface area contributed by atoms with E-state index in [1.54, 1.807) is 0 Å². The number of hydrogen-bond acceptors (Lipinski definition) is 3. The minimum atomic E-state index is -0.130. The Hall–Kier alpha value is -0.510. The summed E-state index contributed by atoms with van der Waals surface area (Å²) in [6.07, 6.45) is 2.58. The Labute approximate surface area is 82.6 Å². The first kappa shape index (κ1) is 10.6. The van der Waals surface area contributed by atoms with Crippen molar-refractivity contribution in [3.8, 4) is 0 Å². The molecule has 0 aromatic carbocycles. The Morgan fingerprint density at radius 2 is 2.00 bits per heavy atom. The van der Waals surface area contributed by atoms with Crippen LogP contribution in [-0.4, -0.2) is 23.3 Å². The predicted octanol–water partition coefficient (Wildman–Crippen LogP) is 1.04. The molecule has 1 heterocycles. The van der Waals surface area contributed by atoms with Gasteiger partial charge in [0.2, 0.25) is 11.8 Å². The van der Waals surface area contributed by atoms with Gasteiger partial charge in [0.25, 0.3) is 0 Å². The lowest BCUT2D eigenvalue weighted by atomic mass is 9.87. The maximum atomic E-state index is 11.4. The molecule has 0 saturated carbocycles. The van der Waals surface area contributed by atoms with Gasteiger partial charge in [0, 0.05) is 5.92 Å². The van der Waals surface area contributed by atoms with E-state index in [2.05, 4.69) is 5.32 Å². The SMILES string of the molecule is CSC1CC(C(C)C)C(=O)NC1=O. The lowest BCUT2D eigenvalue weighted by Gasteiger charge is -2.28. The summed E-state index contributed by atoms with van der Waals surface area (Å²) in [5.41, 5.74) is 0. The maximum Gasteiger partial charge on any atom is 0.239 e. The quantitative estimate of drug-likeness (QED) is 0.679. The van der Waals surface area contributed by atoms with Crippen molar-refractivity contribution in [2.24, 2.45) is 11.8 Å². The molecule has 1 rings (SSSR count). The Balaban J connectivity index is 2.69. The van der Waals surface area contributed by atoms with Crippen molar-refractivity contribution < 1.29 is 9.59 Å². The number of imide groups is 1. The van der Waals surface area contributed by atoms with Crippen LogP contribution in [0.4, 0.5) is 0 Å². The van der Waals surface area contributed by atoms with Crippen LogP contribution in [0.15, 0.2) is 0 Å². The summed E-state index contributed by atoms with van der Waals surface area (Å²) in [7, 11) is 0. The van der Waals surface area contributed by atoms with Crippen molar-refractivity contribution in [3.63, 3.8) is 0 Å². The molecule has 1 aliphatic heterocycles. The molecule has 1 saturated heterocycles. The summed E-state index contributed by atoms with van der Waals surface area (Å²) in [6, 6.07) is 0. The third kappa shape index (κ3) is 2.24. The van der Waals surface area contributed by atoms with Gasteiger partial charge in [-0.1, -0.05) is 13.8 Å². The highest BCUT2D eigenvalue weighted by Gasteiger charge is 2.35. The molecule has 2 unspecified atom stereocenters. The first-order chi connectivity index (χ1) is 6.06. The van der Waals surface area contributed by atoms with Crippen molar-refractivity contribution in [2.45, 2.75) is 25.5 Å². The number of carbonyl (C=O) groups is 2. The van der Waals surface area contributed by atoms with Crippen molar-refractivity contribution in [2.75, 3.05) is 6.26 Å². The number of carbonyl (C=O) groups excluding carboxylic acids is 2. The molecule has 0 bridgehead atoms. The largest absolute Gasteiger partial charge is 0.295 e. The second-order valence-corrected chi connectivity index (χ2v) is 4.70. The Morgan fingerprint density at radius 1 is 1.38 bits per heavy atom. The molecule has 1 fully saturated rings. The zero-order valence-electron chi connectivity index (χ0n) is 8.16. The van der Waals surface area contributed by atoms with Crippen LogP contribution in [0.3, 0.4) is 0 Å². The number of amides is 2. The first-order valence-electron chi connectivity index (χ1n) is 4.43. The van der Waals surface area contributed by atoms with Gasteiger partial charge in [0.1, 0.15) is 0 Å². The topological polar surface area (TPSA) is 46.2 Å². The molecule has 13 heavy (non-hydrogen) atoms. The van der Waals surface area contributed by atoms with Gasteiger partial charge in [-0.15, -0.1) is 0 Å². The molecule has 0 radical (unpaired) electrons. The standard InChI is InChI=1S/C9H15NO2S/c1-5(2)6-4-7(13-3)9(12)10-8(6)11/h5-7H,4H2,1-3H3,(H,10,11,12). The molecule has 74 valence electrons. The second-order valence-electron chi connectivity index (χ2n) is 3.66. The Kier molecular flexibility index (Phi) is 3.36. The van der Waals surface area contributed by atoms with Crippen LogP contribution < -0.4 is 5.32 Å². The minimum absolute atomic E-state index is 0.00449. The van der Waals surface area contributed by atoms with Gasteiger partial charge in [-0.05, 0) is 18.6 Å². The highest BCUT2D eigenvalue weighted by Crippen LogP contribution is 2.26. The zero-order valence-corrected chi connectivity index (χ0v) is 8.98. The van der Waals surface area contributed by atoms with Crippen LogP contribution in [0.1, 0.15) is 20.3 Å². The number of thioether (sulfide) groups is 1. The lowest BCUT2D eigenvalue weighted by molar-refractivity contribution is -0.137. The fourth-order valence-electron chi connectivity index (χ4n) is 1.52. The van der Waals surface area contributed by atoms with Gasteiger partial charge < -0.3 is 0 Å². The van der Waals surface area contributed by atoms with Gasteiger partial charge in [-0.2, -0.15) is 11.8 Å². The molecule has 1 aliphatic rings. The van der Waals surface area contributed by atoms with E-state index in [1.807, 2.05) is 20.1 Å². The number of nitrogens with one attached hydrogen (secondary N) is 1. The smallest absolute Gasteiger partial charge is 0.239 e. The molecule has 1 N–H and O–H groups in total. The normalized spacial score (nSPS) is 29.2. The van der Waals surface area contributed by atoms with E-state index < -0.39 is 0 Å². The van der Waals surface area contributed by atoms with E-state index in [9.17, 15) is 9.59 Å². The van der Waals surface area contributed by atoms with Gasteiger partial charge in [0.15, 0.2) is 0 Å². The predicted molar refractivity (Wildman–Crippen MR) is 53.4 cm³/mol. The summed E-state index contributed by atoms with van der Waals surface area (Å²) in [5.74, 6) is 0.0672. The highest BCUT2D eigenvalue weighted by molar-refractivity contribution is 7.99. The first-order valence-corrected chi connectivity index (χ1v) is 5.72. The molecular formula is C9H15NO2S. The second kappa shape index (κ2) is 4.13. The summed E-state index contributed by atoms with van der Waals surface area (Å²) in [6.45, 7) is 4.02. The zero-order chi connectivity index (χ0) is 10.0. The number of hydrogen-bond donors (Lipinski definition) is 1. The summed E-state index contributed by atoms with van der Waals surface area (Å²) in [4.78, 5) is 22.6. The highest BCUT2D eigenvalue weighted by atomic mass is 32.2. The fourth-order valence-corrected chi connectivity index (χ4v) is 2.19. The van der Waals surface area contributed by atoms with E-state index in [4.69, 9.17) is 0 Å². The average molecular weight is 201 g/mol.